The molecule has 1 saturated carbocycles. The third-order valence-electron chi connectivity index (χ3n) is 7.81. The standard InChI is InChI=1S/C24H32O6/c1-15-9-11-19-16(2)21(26-20(25)12-10-17-7-5-4-6-8-17)27-22-24(19)18(15)13-14-23(3,28-22)29-30-24/h4-8,15-16,18-19,21-22H,9-14H2,1-3H3/t15-,16-,18+,19+,21-,22-,23-,24-/m1/s1. The second-order valence-corrected chi connectivity index (χ2v) is 9.75. The number of hydrogen-bond donors (Lipinski definition) is 0. The molecule has 4 heterocycles. The maximum atomic E-state index is 12.6. The van der Waals surface area contributed by atoms with E-state index in [0.717, 1.165) is 31.2 Å². The minimum atomic E-state index is -0.819. The molecule has 8 atom stereocenters. The highest BCUT2D eigenvalue weighted by molar-refractivity contribution is 5.69. The first-order valence-corrected chi connectivity index (χ1v) is 11.3. The lowest BCUT2D eigenvalue weighted by Gasteiger charge is -2.59. The SMILES string of the molecule is C[C@H]1[C@H](OC(=O)CCc2ccccc2)O[C@@H]2O[C@@]3(C)CC[C@H]4[C@H](C)CC[C@@H]1[C@@]24OO3. The van der Waals surface area contributed by atoms with Gasteiger partial charge in [0, 0.05) is 24.7 Å². The number of benzene rings is 1. The maximum absolute atomic E-state index is 12.6. The highest BCUT2D eigenvalue weighted by atomic mass is 17.3. The first-order valence-electron chi connectivity index (χ1n) is 11.3. The zero-order valence-corrected chi connectivity index (χ0v) is 18.0. The monoisotopic (exact) mass is 416 g/mol. The fourth-order valence-electron chi connectivity index (χ4n) is 6.09. The number of fused-ring (bicyclic) bond motifs is 2. The molecule has 6 heteroatoms. The lowest BCUT2D eigenvalue weighted by Crippen LogP contribution is -2.70. The van der Waals surface area contributed by atoms with Crippen LogP contribution in [-0.2, 0) is 35.2 Å². The van der Waals surface area contributed by atoms with Crippen LogP contribution in [0.4, 0.5) is 0 Å². The maximum Gasteiger partial charge on any atom is 0.308 e. The Hall–Kier alpha value is -1.47. The van der Waals surface area contributed by atoms with Gasteiger partial charge < -0.3 is 14.2 Å². The molecule has 6 nitrogen and oxygen atoms in total. The molecule has 0 aromatic heterocycles. The number of carbonyl (C=O) groups excluding carboxylic acids is 1. The molecule has 0 radical (unpaired) electrons. The van der Waals surface area contributed by atoms with Crippen LogP contribution in [0, 0.1) is 23.7 Å². The molecule has 164 valence electrons. The van der Waals surface area contributed by atoms with E-state index in [9.17, 15) is 4.79 Å². The summed E-state index contributed by atoms with van der Waals surface area (Å²) in [6.45, 7) is 6.29. The van der Waals surface area contributed by atoms with Gasteiger partial charge in [0.05, 0.1) is 0 Å². The molecule has 6 rings (SSSR count). The topological polar surface area (TPSA) is 63.2 Å². The molecule has 5 fully saturated rings. The Labute approximate surface area is 178 Å². The summed E-state index contributed by atoms with van der Waals surface area (Å²) in [6, 6.07) is 9.98. The molecule has 1 aliphatic carbocycles. The molecule has 4 aliphatic heterocycles. The highest BCUT2D eigenvalue weighted by Gasteiger charge is 2.69. The number of hydrogen-bond acceptors (Lipinski definition) is 6. The molecule has 4 saturated heterocycles. The molecule has 30 heavy (non-hydrogen) atoms. The molecule has 2 bridgehead atoms. The van der Waals surface area contributed by atoms with Crippen LogP contribution in [0.5, 0.6) is 0 Å². The van der Waals surface area contributed by atoms with E-state index in [2.05, 4.69) is 13.8 Å². The summed E-state index contributed by atoms with van der Waals surface area (Å²) in [5.74, 6) is -0.0759. The van der Waals surface area contributed by atoms with E-state index in [0.29, 0.717) is 24.7 Å². The third-order valence-corrected chi connectivity index (χ3v) is 7.81. The van der Waals surface area contributed by atoms with Crippen molar-refractivity contribution in [3.63, 3.8) is 0 Å². The summed E-state index contributed by atoms with van der Waals surface area (Å²) in [7, 11) is 0. The minimum Gasteiger partial charge on any atom is -0.435 e. The van der Waals surface area contributed by atoms with Gasteiger partial charge in [-0.05, 0) is 50.0 Å². The molecule has 0 unspecified atom stereocenters. The van der Waals surface area contributed by atoms with Crippen LogP contribution in [0.1, 0.15) is 58.4 Å². The van der Waals surface area contributed by atoms with E-state index in [-0.39, 0.29) is 17.8 Å². The first-order chi connectivity index (χ1) is 14.4. The van der Waals surface area contributed by atoms with E-state index in [1.54, 1.807) is 0 Å². The van der Waals surface area contributed by atoms with Gasteiger partial charge in [0.2, 0.25) is 12.1 Å². The summed E-state index contributed by atoms with van der Waals surface area (Å²) < 4.78 is 18.4. The molecule has 0 N–H and O–H groups in total. The number of aryl methyl sites for hydroxylation is 1. The van der Waals surface area contributed by atoms with E-state index in [4.69, 9.17) is 24.0 Å². The Bertz CT molecular complexity index is 783. The van der Waals surface area contributed by atoms with Crippen LogP contribution >= 0.6 is 0 Å². The number of carbonyl (C=O) groups is 1. The second kappa shape index (κ2) is 7.59. The van der Waals surface area contributed by atoms with Crippen molar-refractivity contribution in [3.05, 3.63) is 35.9 Å². The Morgan fingerprint density at radius 3 is 2.70 bits per heavy atom. The van der Waals surface area contributed by atoms with Crippen molar-refractivity contribution in [1.82, 2.24) is 0 Å². The summed E-state index contributed by atoms with van der Waals surface area (Å²) in [5, 5.41) is 0. The largest absolute Gasteiger partial charge is 0.435 e. The van der Waals surface area contributed by atoms with Crippen molar-refractivity contribution < 1.29 is 28.8 Å². The van der Waals surface area contributed by atoms with Gasteiger partial charge in [0.25, 0.3) is 0 Å². The van der Waals surface area contributed by atoms with E-state index < -0.39 is 24.0 Å². The highest BCUT2D eigenvalue weighted by Crippen LogP contribution is 2.60. The minimum absolute atomic E-state index is 0.00609. The average molecular weight is 417 g/mol. The van der Waals surface area contributed by atoms with Gasteiger partial charge >= 0.3 is 5.97 Å². The zero-order valence-electron chi connectivity index (χ0n) is 18.0. The Morgan fingerprint density at radius 1 is 1.10 bits per heavy atom. The van der Waals surface area contributed by atoms with Gasteiger partial charge in [-0.2, -0.15) is 0 Å². The van der Waals surface area contributed by atoms with Gasteiger partial charge in [-0.3, -0.25) is 4.79 Å². The number of esters is 1. The van der Waals surface area contributed by atoms with Crippen LogP contribution in [0.2, 0.25) is 0 Å². The predicted molar refractivity (Wildman–Crippen MR) is 108 cm³/mol. The van der Waals surface area contributed by atoms with Crippen LogP contribution in [0.3, 0.4) is 0 Å². The molecule has 0 amide bonds. The quantitative estimate of drug-likeness (QED) is 0.536. The van der Waals surface area contributed by atoms with Crippen LogP contribution in [0.15, 0.2) is 30.3 Å². The van der Waals surface area contributed by atoms with Crippen LogP contribution in [0.25, 0.3) is 0 Å². The Balaban J connectivity index is 1.33. The summed E-state index contributed by atoms with van der Waals surface area (Å²) >= 11 is 0. The van der Waals surface area contributed by atoms with Gasteiger partial charge in [-0.15, -0.1) is 0 Å². The number of rotatable bonds is 4. The molecule has 1 aromatic rings. The summed E-state index contributed by atoms with van der Waals surface area (Å²) in [6.07, 6.45) is 3.64. The fourth-order valence-corrected chi connectivity index (χ4v) is 6.09. The van der Waals surface area contributed by atoms with Crippen molar-refractivity contribution in [2.24, 2.45) is 23.7 Å². The smallest absolute Gasteiger partial charge is 0.308 e. The van der Waals surface area contributed by atoms with Gasteiger partial charge in [0.15, 0.2) is 11.9 Å². The van der Waals surface area contributed by atoms with Gasteiger partial charge in [-0.25, -0.2) is 9.78 Å². The third kappa shape index (κ3) is 3.29. The van der Waals surface area contributed by atoms with Crippen LogP contribution in [-0.4, -0.2) is 29.9 Å². The van der Waals surface area contributed by atoms with E-state index >= 15 is 0 Å². The van der Waals surface area contributed by atoms with Crippen molar-refractivity contribution in [1.29, 1.82) is 0 Å². The summed E-state index contributed by atoms with van der Waals surface area (Å²) in [5.41, 5.74) is 0.498. The molecule has 1 spiro atoms. The Kier molecular flexibility index (Phi) is 5.17. The first kappa shape index (κ1) is 20.4. The van der Waals surface area contributed by atoms with Crippen molar-refractivity contribution in [2.75, 3.05) is 0 Å². The van der Waals surface area contributed by atoms with Crippen molar-refractivity contribution in [2.45, 2.75) is 83.3 Å². The fraction of sp³-hybridized carbons (Fsp3) is 0.708. The molecule has 1 aromatic carbocycles. The van der Waals surface area contributed by atoms with E-state index in [1.807, 2.05) is 37.3 Å². The van der Waals surface area contributed by atoms with Gasteiger partial charge in [0.1, 0.15) is 0 Å². The second-order valence-electron chi connectivity index (χ2n) is 9.75. The lowest BCUT2D eigenvalue weighted by atomic mass is 9.58. The van der Waals surface area contributed by atoms with Crippen molar-refractivity contribution >= 4 is 5.97 Å². The molecule has 5 aliphatic rings. The van der Waals surface area contributed by atoms with Crippen LogP contribution < -0.4 is 0 Å². The van der Waals surface area contributed by atoms with E-state index in [1.165, 1.54) is 0 Å². The predicted octanol–water partition coefficient (Wildman–Crippen LogP) is 4.37. The summed E-state index contributed by atoms with van der Waals surface area (Å²) in [4.78, 5) is 24.6. The zero-order chi connectivity index (χ0) is 20.9. The van der Waals surface area contributed by atoms with Gasteiger partial charge in [-0.1, -0.05) is 44.2 Å². The molecular weight excluding hydrogens is 384 g/mol. The Morgan fingerprint density at radius 2 is 1.90 bits per heavy atom. The van der Waals surface area contributed by atoms with Crippen molar-refractivity contribution in [3.8, 4) is 0 Å². The lowest BCUT2D eigenvalue weighted by molar-refractivity contribution is -0.576. The molecular formula is C24H32O6. The number of ether oxygens (including phenoxy) is 3. The average Bonchev–Trinajstić information content (AvgIpc) is 2.97. The normalized spacial score (nSPS) is 44.8.